The molecule has 9 nitrogen and oxygen atoms in total. The zero-order valence-corrected chi connectivity index (χ0v) is 15.0. The second-order valence-corrected chi connectivity index (χ2v) is 5.82. The van der Waals surface area contributed by atoms with Crippen LogP contribution in [-0.4, -0.2) is 48.1 Å². The molecule has 0 aliphatic heterocycles. The SMILES string of the molecule is CC[C@@H](C)[C@H](NC(=O)CS)C(=O)N[C@@H](CCCN=C(N)N)C(N)=O. The Morgan fingerprint density at radius 3 is 2.25 bits per heavy atom. The van der Waals surface area contributed by atoms with Crippen molar-refractivity contribution in [2.45, 2.75) is 45.2 Å². The maximum absolute atomic E-state index is 12.4. The summed E-state index contributed by atoms with van der Waals surface area (Å²) in [6.07, 6.45) is 1.45. The van der Waals surface area contributed by atoms with Crippen molar-refractivity contribution in [3.05, 3.63) is 0 Å². The van der Waals surface area contributed by atoms with Crippen molar-refractivity contribution in [2.75, 3.05) is 12.3 Å². The first kappa shape index (κ1) is 22.0. The van der Waals surface area contributed by atoms with Crippen LogP contribution in [0.2, 0.25) is 0 Å². The topological polar surface area (TPSA) is 166 Å². The Kier molecular flexibility index (Phi) is 10.6. The van der Waals surface area contributed by atoms with E-state index < -0.39 is 23.9 Å². The zero-order valence-electron chi connectivity index (χ0n) is 14.1. The van der Waals surface area contributed by atoms with Gasteiger partial charge >= 0.3 is 0 Å². The molecule has 0 unspecified atom stereocenters. The standard InChI is InChI=1S/C14H28N6O3S/c1-3-8(2)11(20-10(21)7-24)13(23)19-9(12(15)22)5-4-6-18-14(16)17/h8-9,11,24H,3-7H2,1-2H3,(H2,15,22)(H,19,23)(H,20,21)(H4,16,17,18)/t8-,9+,11+/m1/s1. The quantitative estimate of drug-likeness (QED) is 0.114. The predicted octanol–water partition coefficient (Wildman–Crippen LogP) is -1.53. The molecule has 0 rings (SSSR count). The molecular weight excluding hydrogens is 332 g/mol. The van der Waals surface area contributed by atoms with E-state index in [1.54, 1.807) is 0 Å². The van der Waals surface area contributed by atoms with Gasteiger partial charge in [0, 0.05) is 6.54 Å². The maximum Gasteiger partial charge on any atom is 0.243 e. The molecule has 0 aliphatic carbocycles. The molecule has 0 fully saturated rings. The molecular formula is C14H28N6O3S. The fourth-order valence-electron chi connectivity index (χ4n) is 1.97. The van der Waals surface area contributed by atoms with Gasteiger partial charge in [-0.2, -0.15) is 12.6 Å². The summed E-state index contributed by atoms with van der Waals surface area (Å²) in [5.41, 5.74) is 15.8. The molecule has 0 bridgehead atoms. The monoisotopic (exact) mass is 360 g/mol. The minimum Gasteiger partial charge on any atom is -0.370 e. The molecule has 0 aromatic rings. The predicted molar refractivity (Wildman–Crippen MR) is 96.3 cm³/mol. The van der Waals surface area contributed by atoms with E-state index in [9.17, 15) is 14.4 Å². The first-order valence-electron chi connectivity index (χ1n) is 7.78. The highest BCUT2D eigenvalue weighted by Crippen LogP contribution is 2.09. The van der Waals surface area contributed by atoms with Crippen LogP contribution in [0.1, 0.15) is 33.1 Å². The van der Waals surface area contributed by atoms with Crippen molar-refractivity contribution >= 4 is 36.3 Å². The Hall–Kier alpha value is -1.97. The van der Waals surface area contributed by atoms with Crippen LogP contribution < -0.4 is 27.8 Å². The molecule has 24 heavy (non-hydrogen) atoms. The highest BCUT2D eigenvalue weighted by molar-refractivity contribution is 7.81. The highest BCUT2D eigenvalue weighted by atomic mass is 32.1. The van der Waals surface area contributed by atoms with Gasteiger partial charge in [-0.15, -0.1) is 0 Å². The molecule has 138 valence electrons. The van der Waals surface area contributed by atoms with E-state index in [-0.39, 0.29) is 23.5 Å². The molecule has 3 amide bonds. The molecule has 0 aliphatic rings. The average Bonchev–Trinajstić information content (AvgIpc) is 2.53. The fourth-order valence-corrected chi connectivity index (χ4v) is 2.06. The van der Waals surface area contributed by atoms with Gasteiger partial charge in [0.1, 0.15) is 12.1 Å². The van der Waals surface area contributed by atoms with Crippen LogP contribution in [0.4, 0.5) is 0 Å². The van der Waals surface area contributed by atoms with E-state index in [2.05, 4.69) is 28.3 Å². The summed E-state index contributed by atoms with van der Waals surface area (Å²) in [4.78, 5) is 39.3. The third kappa shape index (κ3) is 8.61. The van der Waals surface area contributed by atoms with Crippen molar-refractivity contribution in [1.29, 1.82) is 0 Å². The maximum atomic E-state index is 12.4. The van der Waals surface area contributed by atoms with Crippen LogP contribution in [-0.2, 0) is 14.4 Å². The summed E-state index contributed by atoms with van der Waals surface area (Å²) in [7, 11) is 0. The van der Waals surface area contributed by atoms with Gasteiger partial charge in [0.2, 0.25) is 17.7 Å². The number of hydrogen-bond acceptors (Lipinski definition) is 5. The number of hydrogen-bond donors (Lipinski definition) is 6. The number of guanidine groups is 1. The number of thiol groups is 1. The summed E-state index contributed by atoms with van der Waals surface area (Å²) in [5.74, 6) is -1.65. The minimum absolute atomic E-state index is 0.0298. The molecule has 8 N–H and O–H groups in total. The van der Waals surface area contributed by atoms with E-state index in [1.165, 1.54) is 0 Å². The number of carbonyl (C=O) groups is 3. The number of nitrogens with one attached hydrogen (secondary N) is 2. The second kappa shape index (κ2) is 11.5. The molecule has 0 aromatic heterocycles. The summed E-state index contributed by atoms with van der Waals surface area (Å²) >= 11 is 3.88. The Balaban J connectivity index is 4.82. The smallest absolute Gasteiger partial charge is 0.243 e. The van der Waals surface area contributed by atoms with Crippen LogP contribution in [0.5, 0.6) is 0 Å². The van der Waals surface area contributed by atoms with Crippen LogP contribution >= 0.6 is 12.6 Å². The molecule has 0 saturated heterocycles. The lowest BCUT2D eigenvalue weighted by molar-refractivity contribution is -0.132. The van der Waals surface area contributed by atoms with Gasteiger partial charge in [0.15, 0.2) is 5.96 Å². The number of rotatable bonds is 11. The largest absolute Gasteiger partial charge is 0.370 e. The van der Waals surface area contributed by atoms with Crippen molar-refractivity contribution in [3.8, 4) is 0 Å². The van der Waals surface area contributed by atoms with Gasteiger partial charge in [-0.25, -0.2) is 0 Å². The van der Waals surface area contributed by atoms with Crippen LogP contribution in [0, 0.1) is 5.92 Å². The van der Waals surface area contributed by atoms with Crippen LogP contribution in [0.15, 0.2) is 4.99 Å². The van der Waals surface area contributed by atoms with Crippen molar-refractivity contribution < 1.29 is 14.4 Å². The zero-order chi connectivity index (χ0) is 18.7. The Labute approximate surface area is 147 Å². The fraction of sp³-hybridized carbons (Fsp3) is 0.714. The lowest BCUT2D eigenvalue weighted by Crippen LogP contribution is -2.55. The van der Waals surface area contributed by atoms with Gasteiger partial charge in [-0.1, -0.05) is 20.3 Å². The summed E-state index contributed by atoms with van der Waals surface area (Å²) in [6, 6.07) is -1.61. The van der Waals surface area contributed by atoms with Gasteiger partial charge in [0.25, 0.3) is 0 Å². The summed E-state index contributed by atoms with van der Waals surface area (Å²) in [5, 5.41) is 5.19. The number of nitrogens with zero attached hydrogens (tertiary/aromatic N) is 1. The van der Waals surface area contributed by atoms with Gasteiger partial charge in [-0.3, -0.25) is 19.4 Å². The molecule has 0 heterocycles. The van der Waals surface area contributed by atoms with E-state index in [0.717, 1.165) is 0 Å². The van der Waals surface area contributed by atoms with Gasteiger partial charge in [-0.05, 0) is 18.8 Å². The third-order valence-corrected chi connectivity index (χ3v) is 3.85. The summed E-state index contributed by atoms with van der Waals surface area (Å²) in [6.45, 7) is 4.06. The molecule has 3 atom stereocenters. The van der Waals surface area contributed by atoms with Crippen molar-refractivity contribution in [1.82, 2.24) is 10.6 Å². The number of primary amides is 1. The normalized spacial score (nSPS) is 14.1. The molecule has 0 spiro atoms. The van der Waals surface area contributed by atoms with Gasteiger partial charge < -0.3 is 27.8 Å². The van der Waals surface area contributed by atoms with E-state index in [0.29, 0.717) is 25.8 Å². The molecule has 0 saturated carbocycles. The highest BCUT2D eigenvalue weighted by Gasteiger charge is 2.28. The molecule has 10 heteroatoms. The number of aliphatic imine (C=N–C) groups is 1. The van der Waals surface area contributed by atoms with Crippen LogP contribution in [0.3, 0.4) is 0 Å². The Bertz CT molecular complexity index is 467. The second-order valence-electron chi connectivity index (χ2n) is 5.50. The lowest BCUT2D eigenvalue weighted by atomic mass is 9.97. The molecule has 0 aromatic carbocycles. The van der Waals surface area contributed by atoms with Crippen molar-refractivity contribution in [2.24, 2.45) is 28.1 Å². The first-order valence-corrected chi connectivity index (χ1v) is 8.41. The Morgan fingerprint density at radius 1 is 1.17 bits per heavy atom. The van der Waals surface area contributed by atoms with E-state index in [1.807, 2.05) is 13.8 Å². The summed E-state index contributed by atoms with van der Waals surface area (Å²) < 4.78 is 0. The lowest BCUT2D eigenvalue weighted by Gasteiger charge is -2.25. The average molecular weight is 360 g/mol. The number of carbonyl (C=O) groups excluding carboxylic acids is 3. The first-order chi connectivity index (χ1) is 11.2. The number of amides is 3. The Morgan fingerprint density at radius 2 is 1.79 bits per heavy atom. The third-order valence-electron chi connectivity index (χ3n) is 3.56. The minimum atomic E-state index is -0.855. The number of nitrogens with two attached hydrogens (primary N) is 3. The van der Waals surface area contributed by atoms with E-state index in [4.69, 9.17) is 17.2 Å². The van der Waals surface area contributed by atoms with E-state index >= 15 is 0 Å². The molecule has 0 radical (unpaired) electrons. The van der Waals surface area contributed by atoms with Crippen molar-refractivity contribution in [3.63, 3.8) is 0 Å². The van der Waals surface area contributed by atoms with Crippen LogP contribution in [0.25, 0.3) is 0 Å². The van der Waals surface area contributed by atoms with Gasteiger partial charge in [0.05, 0.1) is 5.75 Å².